The van der Waals surface area contributed by atoms with Crippen molar-refractivity contribution in [2.24, 2.45) is 5.41 Å². The minimum absolute atomic E-state index is 0.449. The summed E-state index contributed by atoms with van der Waals surface area (Å²) in [5.74, 6) is 0. The molecule has 14 heavy (non-hydrogen) atoms. The van der Waals surface area contributed by atoms with Gasteiger partial charge in [-0.15, -0.1) is 0 Å². The molecule has 0 aliphatic heterocycles. The van der Waals surface area contributed by atoms with Gasteiger partial charge in [0.25, 0.3) is 0 Å². The fraction of sp³-hybridized carbons (Fsp3) is 0.545. The van der Waals surface area contributed by atoms with E-state index in [1.165, 1.54) is 18.4 Å². The third-order valence-electron chi connectivity index (χ3n) is 3.14. The molecule has 0 radical (unpaired) electrons. The number of pyridine rings is 1. The predicted molar refractivity (Wildman–Crippen MR) is 63.0 cm³/mol. The highest BCUT2D eigenvalue weighted by Crippen LogP contribution is 2.54. The van der Waals surface area contributed by atoms with E-state index in [4.69, 9.17) is 11.6 Å². The van der Waals surface area contributed by atoms with Crippen LogP contribution in [-0.2, 0) is 6.42 Å². The number of alkyl halides is 1. The lowest BCUT2D eigenvalue weighted by Gasteiger charge is -2.18. The van der Waals surface area contributed by atoms with E-state index in [2.05, 4.69) is 27.8 Å². The predicted octanol–water partition coefficient (Wildman–Crippen LogP) is 3.84. The monoisotopic (exact) mass is 273 g/mol. The summed E-state index contributed by atoms with van der Waals surface area (Å²) in [6.07, 6.45) is 7.22. The second-order valence-corrected chi connectivity index (χ2v) is 5.90. The number of rotatable bonds is 3. The van der Waals surface area contributed by atoms with Crippen molar-refractivity contribution in [3.05, 3.63) is 29.0 Å². The molecule has 0 bridgehead atoms. The van der Waals surface area contributed by atoms with E-state index in [0.717, 1.165) is 11.4 Å². The van der Waals surface area contributed by atoms with Crippen molar-refractivity contribution in [3.8, 4) is 0 Å². The maximum atomic E-state index is 6.08. The largest absolute Gasteiger partial charge is 0.263 e. The molecule has 3 heteroatoms. The summed E-state index contributed by atoms with van der Waals surface area (Å²) in [4.78, 5) is 4.57. The van der Waals surface area contributed by atoms with Crippen LogP contribution in [0.4, 0.5) is 0 Å². The Balaban J connectivity index is 2.15. The van der Waals surface area contributed by atoms with Crippen LogP contribution in [0.2, 0.25) is 5.02 Å². The summed E-state index contributed by atoms with van der Waals surface area (Å²) in [6.45, 7) is 2.22. The molecule has 1 aliphatic carbocycles. The van der Waals surface area contributed by atoms with E-state index in [0.29, 0.717) is 10.2 Å². The van der Waals surface area contributed by atoms with Crippen LogP contribution in [0.5, 0.6) is 0 Å². The van der Waals surface area contributed by atoms with Crippen molar-refractivity contribution in [1.82, 2.24) is 4.98 Å². The number of halogens is 2. The minimum atomic E-state index is 0.449. The maximum absolute atomic E-state index is 6.08. The highest BCUT2D eigenvalue weighted by molar-refractivity contribution is 9.09. The van der Waals surface area contributed by atoms with Gasteiger partial charge in [-0.2, -0.15) is 0 Å². The Morgan fingerprint density at radius 2 is 2.36 bits per heavy atom. The SMILES string of the molecule is CC(Br)C1(Cc2ccncc2Cl)CC1. The average molecular weight is 275 g/mol. The van der Waals surface area contributed by atoms with E-state index in [9.17, 15) is 0 Å². The van der Waals surface area contributed by atoms with Crippen LogP contribution in [0.1, 0.15) is 25.3 Å². The van der Waals surface area contributed by atoms with Gasteiger partial charge in [0, 0.05) is 17.2 Å². The molecule has 1 heterocycles. The fourth-order valence-electron chi connectivity index (χ4n) is 1.80. The Morgan fingerprint density at radius 3 is 2.86 bits per heavy atom. The van der Waals surface area contributed by atoms with Crippen LogP contribution in [0.25, 0.3) is 0 Å². The standard InChI is InChI=1S/C11H13BrClN/c1-8(12)11(3-4-11)6-9-2-5-14-7-10(9)13/h2,5,7-8H,3-4,6H2,1H3. The highest BCUT2D eigenvalue weighted by Gasteiger charge is 2.46. The summed E-state index contributed by atoms with van der Waals surface area (Å²) in [6, 6.07) is 2.03. The molecule has 0 aromatic carbocycles. The second kappa shape index (κ2) is 3.82. The van der Waals surface area contributed by atoms with Crippen LogP contribution in [0, 0.1) is 5.41 Å². The number of aromatic nitrogens is 1. The first-order chi connectivity index (χ1) is 6.64. The third kappa shape index (κ3) is 1.96. The first-order valence-corrected chi connectivity index (χ1v) is 6.16. The summed E-state index contributed by atoms with van der Waals surface area (Å²) < 4.78 is 0. The van der Waals surface area contributed by atoms with Gasteiger partial charge >= 0.3 is 0 Å². The molecule has 0 spiro atoms. The van der Waals surface area contributed by atoms with Gasteiger partial charge in [-0.25, -0.2) is 0 Å². The molecule has 1 atom stereocenters. The quantitative estimate of drug-likeness (QED) is 0.763. The molecule has 1 aromatic rings. The number of nitrogens with zero attached hydrogens (tertiary/aromatic N) is 1. The van der Waals surface area contributed by atoms with E-state index in [1.807, 2.05) is 12.3 Å². The molecular formula is C11H13BrClN. The van der Waals surface area contributed by atoms with Crippen molar-refractivity contribution in [2.45, 2.75) is 31.0 Å². The Labute approximate surface area is 98.0 Å². The highest BCUT2D eigenvalue weighted by atomic mass is 79.9. The van der Waals surface area contributed by atoms with Crippen molar-refractivity contribution in [2.75, 3.05) is 0 Å². The molecular weight excluding hydrogens is 261 g/mol. The van der Waals surface area contributed by atoms with Crippen molar-refractivity contribution < 1.29 is 0 Å². The van der Waals surface area contributed by atoms with Crippen LogP contribution in [0.3, 0.4) is 0 Å². The van der Waals surface area contributed by atoms with Crippen LogP contribution < -0.4 is 0 Å². The molecule has 2 rings (SSSR count). The normalized spacial score (nSPS) is 20.5. The van der Waals surface area contributed by atoms with Crippen LogP contribution in [-0.4, -0.2) is 9.81 Å². The summed E-state index contributed by atoms with van der Waals surface area (Å²) in [7, 11) is 0. The van der Waals surface area contributed by atoms with E-state index >= 15 is 0 Å². The fourth-order valence-corrected chi connectivity index (χ4v) is 2.61. The number of hydrogen-bond donors (Lipinski definition) is 0. The van der Waals surface area contributed by atoms with E-state index < -0.39 is 0 Å². The van der Waals surface area contributed by atoms with Crippen LogP contribution in [0.15, 0.2) is 18.5 Å². The molecule has 76 valence electrons. The molecule has 1 aliphatic rings. The zero-order valence-corrected chi connectivity index (χ0v) is 10.5. The van der Waals surface area contributed by atoms with Gasteiger partial charge in [-0.1, -0.05) is 34.5 Å². The smallest absolute Gasteiger partial charge is 0.0621 e. The molecule has 1 nitrogen and oxygen atoms in total. The topological polar surface area (TPSA) is 12.9 Å². The van der Waals surface area contributed by atoms with Gasteiger partial charge in [-0.05, 0) is 36.3 Å². The maximum Gasteiger partial charge on any atom is 0.0621 e. The van der Waals surface area contributed by atoms with Gasteiger partial charge < -0.3 is 0 Å². The van der Waals surface area contributed by atoms with Crippen molar-refractivity contribution in [1.29, 1.82) is 0 Å². The Morgan fingerprint density at radius 1 is 1.64 bits per heavy atom. The first-order valence-electron chi connectivity index (χ1n) is 4.86. The zero-order valence-electron chi connectivity index (χ0n) is 8.13. The molecule has 1 fully saturated rings. The Kier molecular flexibility index (Phi) is 2.85. The lowest BCUT2D eigenvalue weighted by molar-refractivity contribution is 0.509. The van der Waals surface area contributed by atoms with Crippen molar-refractivity contribution in [3.63, 3.8) is 0 Å². The summed E-state index contributed by atoms with van der Waals surface area (Å²) in [5, 5.41) is 0.798. The molecule has 0 amide bonds. The van der Waals surface area contributed by atoms with E-state index in [1.54, 1.807) is 6.20 Å². The average Bonchev–Trinajstić information content (AvgIpc) is 2.90. The van der Waals surface area contributed by atoms with Gasteiger partial charge in [0.1, 0.15) is 0 Å². The second-order valence-electron chi connectivity index (χ2n) is 4.12. The minimum Gasteiger partial charge on any atom is -0.263 e. The lowest BCUT2D eigenvalue weighted by atomic mass is 9.94. The molecule has 1 saturated carbocycles. The van der Waals surface area contributed by atoms with Gasteiger partial charge in [0.15, 0.2) is 0 Å². The summed E-state index contributed by atoms with van der Waals surface area (Å²) in [5.41, 5.74) is 1.68. The lowest BCUT2D eigenvalue weighted by Crippen LogP contribution is -2.15. The van der Waals surface area contributed by atoms with E-state index in [-0.39, 0.29) is 0 Å². The van der Waals surface area contributed by atoms with Crippen molar-refractivity contribution >= 4 is 27.5 Å². The van der Waals surface area contributed by atoms with Gasteiger partial charge in [-0.3, -0.25) is 4.98 Å². The van der Waals surface area contributed by atoms with Gasteiger partial charge in [0.05, 0.1) is 5.02 Å². The van der Waals surface area contributed by atoms with Crippen LogP contribution >= 0.6 is 27.5 Å². The number of hydrogen-bond acceptors (Lipinski definition) is 1. The van der Waals surface area contributed by atoms with Gasteiger partial charge in [0.2, 0.25) is 0 Å². The molecule has 0 N–H and O–H groups in total. The third-order valence-corrected chi connectivity index (χ3v) is 4.45. The first kappa shape index (κ1) is 10.4. The Bertz CT molecular complexity index is 334. The molecule has 1 aromatic heterocycles. The molecule has 0 saturated heterocycles. The summed E-state index contributed by atoms with van der Waals surface area (Å²) >= 11 is 9.77. The zero-order chi connectivity index (χ0) is 10.2. The molecule has 1 unspecified atom stereocenters. The Hall–Kier alpha value is -0.0800.